The summed E-state index contributed by atoms with van der Waals surface area (Å²) in [4.78, 5) is 43.0. The molecule has 37 heavy (non-hydrogen) atoms. The number of nitrogens with one attached hydrogen (secondary N) is 1. The number of aromatic nitrogens is 2. The molecule has 1 amide bonds. The highest BCUT2D eigenvalue weighted by Crippen LogP contribution is 2.26. The number of piperidine rings is 1. The summed E-state index contributed by atoms with van der Waals surface area (Å²) >= 11 is 0. The first kappa shape index (κ1) is 28.6. The van der Waals surface area contributed by atoms with Crippen molar-refractivity contribution in [3.8, 4) is 0 Å². The summed E-state index contributed by atoms with van der Waals surface area (Å²) in [5.74, 6) is -0.394. The summed E-state index contributed by atoms with van der Waals surface area (Å²) in [6.45, 7) is 9.07. The maximum Gasteiger partial charge on any atom is 0.330 e. The van der Waals surface area contributed by atoms with Crippen molar-refractivity contribution in [3.05, 3.63) is 50.2 Å². The fourth-order valence-corrected chi connectivity index (χ4v) is 6.01. The van der Waals surface area contributed by atoms with Gasteiger partial charge in [-0.05, 0) is 56.2 Å². The second-order valence-electron chi connectivity index (χ2n) is 10.1. The lowest BCUT2D eigenvalue weighted by Gasteiger charge is -2.27. The third kappa shape index (κ3) is 6.32. The minimum atomic E-state index is -3.77. The van der Waals surface area contributed by atoms with Crippen LogP contribution in [0.5, 0.6) is 0 Å². The molecule has 0 saturated carbocycles. The molecule has 204 valence electrons. The number of hydrogen-bond donors (Lipinski definition) is 2. The number of anilines is 2. The first-order valence-corrected chi connectivity index (χ1v) is 14.5. The number of nitrogens with two attached hydrogens (primary N) is 1. The van der Waals surface area contributed by atoms with Crippen LogP contribution in [0.25, 0.3) is 0 Å². The van der Waals surface area contributed by atoms with Gasteiger partial charge in [-0.3, -0.25) is 19.1 Å². The predicted molar refractivity (Wildman–Crippen MR) is 146 cm³/mol. The Morgan fingerprint density at radius 2 is 1.84 bits per heavy atom. The Kier molecular flexibility index (Phi) is 9.36. The Labute approximate surface area is 218 Å². The Bertz CT molecular complexity index is 1340. The van der Waals surface area contributed by atoms with Gasteiger partial charge in [0.1, 0.15) is 5.82 Å². The molecule has 0 spiro atoms. The summed E-state index contributed by atoms with van der Waals surface area (Å²) in [5, 5.41) is 0. The number of rotatable bonds is 10. The summed E-state index contributed by atoms with van der Waals surface area (Å²) < 4.78 is 29.3. The van der Waals surface area contributed by atoms with Crippen molar-refractivity contribution in [2.45, 2.75) is 77.7 Å². The Morgan fingerprint density at radius 3 is 2.46 bits per heavy atom. The van der Waals surface area contributed by atoms with Gasteiger partial charge in [-0.25, -0.2) is 13.2 Å². The van der Waals surface area contributed by atoms with Crippen LogP contribution in [0.1, 0.15) is 75.2 Å². The van der Waals surface area contributed by atoms with Crippen molar-refractivity contribution in [1.29, 1.82) is 0 Å². The molecule has 11 heteroatoms. The first-order chi connectivity index (χ1) is 17.5. The molecule has 0 unspecified atom stereocenters. The van der Waals surface area contributed by atoms with Gasteiger partial charge in [-0.2, -0.15) is 4.31 Å². The van der Waals surface area contributed by atoms with Crippen LogP contribution in [0.15, 0.2) is 32.7 Å². The fourth-order valence-electron chi connectivity index (χ4n) is 4.47. The van der Waals surface area contributed by atoms with Crippen LogP contribution in [-0.2, 0) is 16.6 Å². The molecule has 3 N–H and O–H groups in total. The molecular formula is C26H39N5O5S. The van der Waals surface area contributed by atoms with Crippen LogP contribution in [0.3, 0.4) is 0 Å². The molecular weight excluding hydrogens is 494 g/mol. The average Bonchev–Trinajstić information content (AvgIpc) is 2.86. The van der Waals surface area contributed by atoms with Crippen molar-refractivity contribution >= 4 is 27.4 Å². The number of nitrogens with zero attached hydrogens (tertiary/aromatic N) is 3. The average molecular weight is 534 g/mol. The molecule has 10 nitrogen and oxygen atoms in total. The monoisotopic (exact) mass is 533 g/mol. The van der Waals surface area contributed by atoms with Crippen molar-refractivity contribution < 1.29 is 13.2 Å². The lowest BCUT2D eigenvalue weighted by atomic mass is 10.1. The van der Waals surface area contributed by atoms with Gasteiger partial charge in [0.25, 0.3) is 11.5 Å². The van der Waals surface area contributed by atoms with Crippen LogP contribution in [0.4, 0.5) is 11.5 Å². The zero-order valence-electron chi connectivity index (χ0n) is 22.2. The van der Waals surface area contributed by atoms with Gasteiger partial charge in [-0.1, -0.05) is 39.7 Å². The van der Waals surface area contributed by atoms with E-state index in [4.69, 9.17) is 5.73 Å². The minimum absolute atomic E-state index is 0.0435. The molecule has 3 rings (SSSR count). The summed E-state index contributed by atoms with van der Waals surface area (Å²) in [5.41, 5.74) is 5.61. The number of H-pyrrole nitrogens is 1. The van der Waals surface area contributed by atoms with Crippen molar-refractivity contribution in [1.82, 2.24) is 13.9 Å². The zero-order valence-corrected chi connectivity index (χ0v) is 23.1. The fraction of sp³-hybridized carbons (Fsp3) is 0.577. The maximum absolute atomic E-state index is 14.0. The third-order valence-electron chi connectivity index (χ3n) is 6.79. The highest BCUT2D eigenvalue weighted by Gasteiger charge is 2.30. The largest absolute Gasteiger partial charge is 0.383 e. The Morgan fingerprint density at radius 1 is 1.16 bits per heavy atom. The van der Waals surface area contributed by atoms with E-state index in [1.807, 2.05) is 20.8 Å². The Hall–Kier alpha value is -2.92. The number of carbonyl (C=O) groups is 1. The number of sulfonamides is 1. The van der Waals surface area contributed by atoms with Gasteiger partial charge in [0.05, 0.1) is 4.90 Å². The van der Waals surface area contributed by atoms with Crippen LogP contribution in [0, 0.1) is 12.8 Å². The second-order valence-corrected chi connectivity index (χ2v) is 12.0. The van der Waals surface area contributed by atoms with E-state index in [0.717, 1.165) is 25.7 Å². The third-order valence-corrected chi connectivity index (χ3v) is 8.68. The van der Waals surface area contributed by atoms with Crippen molar-refractivity contribution in [2.75, 3.05) is 30.3 Å². The highest BCUT2D eigenvalue weighted by molar-refractivity contribution is 7.89. The van der Waals surface area contributed by atoms with Crippen molar-refractivity contribution in [2.24, 2.45) is 5.92 Å². The highest BCUT2D eigenvalue weighted by atomic mass is 32.2. The number of aryl methyl sites for hydroxylation is 1. The summed E-state index contributed by atoms with van der Waals surface area (Å²) in [7, 11) is -3.77. The Balaban J connectivity index is 2.11. The SMILES string of the molecule is CCCCn1c(N)c(N(CCC(C)C)C(=O)c2cc(S(=O)(=O)N3CCCCC3)ccc2C)c(=O)[nH]c1=O. The number of benzene rings is 1. The van der Waals surface area contributed by atoms with Crippen molar-refractivity contribution in [3.63, 3.8) is 0 Å². The van der Waals surface area contributed by atoms with Gasteiger partial charge in [0, 0.05) is 31.7 Å². The van der Waals surface area contributed by atoms with Gasteiger partial charge in [-0.15, -0.1) is 0 Å². The number of amides is 1. The quantitative estimate of drug-likeness (QED) is 0.481. The smallest absolute Gasteiger partial charge is 0.330 e. The molecule has 1 aliphatic rings. The maximum atomic E-state index is 14.0. The molecule has 2 aromatic rings. The van der Waals surface area contributed by atoms with E-state index in [9.17, 15) is 22.8 Å². The summed E-state index contributed by atoms with van der Waals surface area (Å²) in [6.07, 6.45) is 4.65. The predicted octanol–water partition coefficient (Wildman–Crippen LogP) is 3.09. The molecule has 1 fully saturated rings. The first-order valence-electron chi connectivity index (χ1n) is 13.0. The van der Waals surface area contributed by atoms with Crippen LogP contribution in [-0.4, -0.2) is 47.8 Å². The zero-order chi connectivity index (χ0) is 27.3. The molecule has 1 saturated heterocycles. The number of carbonyl (C=O) groups excluding carboxylic acids is 1. The molecule has 1 aromatic carbocycles. The molecule has 1 aromatic heterocycles. The molecule has 0 atom stereocenters. The number of nitrogen functional groups attached to an aromatic ring is 1. The molecule has 0 bridgehead atoms. The minimum Gasteiger partial charge on any atom is -0.383 e. The molecule has 1 aliphatic heterocycles. The number of unbranched alkanes of at least 4 members (excludes halogenated alkanes) is 1. The molecule has 0 radical (unpaired) electrons. The standard InChI is InChI=1S/C26H39N5O5S/c1-5-6-15-31-23(27)22(24(32)28-26(31)34)30(16-12-18(2)3)25(33)21-17-20(11-10-19(21)4)37(35,36)29-13-8-7-9-14-29/h10-11,17-18H,5-9,12-16,27H2,1-4H3,(H,28,32,34). The van der Waals surface area contributed by atoms with E-state index in [2.05, 4.69) is 4.98 Å². The van der Waals surface area contributed by atoms with Gasteiger partial charge in [0.15, 0.2) is 5.69 Å². The van der Waals surface area contributed by atoms with E-state index < -0.39 is 27.2 Å². The molecule has 2 heterocycles. The van der Waals surface area contributed by atoms with Gasteiger partial charge in [0.2, 0.25) is 10.0 Å². The number of hydrogen-bond acceptors (Lipinski definition) is 6. The topological polar surface area (TPSA) is 139 Å². The summed E-state index contributed by atoms with van der Waals surface area (Å²) in [6, 6.07) is 4.52. The van der Waals surface area contributed by atoms with E-state index in [1.54, 1.807) is 13.0 Å². The number of aromatic amines is 1. The normalized spacial score (nSPS) is 14.7. The lowest BCUT2D eigenvalue weighted by molar-refractivity contribution is 0.0984. The van der Waals surface area contributed by atoms with Crippen LogP contribution in [0.2, 0.25) is 0 Å². The van der Waals surface area contributed by atoms with Crippen LogP contribution < -0.4 is 21.9 Å². The van der Waals surface area contributed by atoms with E-state index in [-0.39, 0.29) is 34.4 Å². The molecule has 0 aliphatic carbocycles. The van der Waals surface area contributed by atoms with Crippen LogP contribution >= 0.6 is 0 Å². The van der Waals surface area contributed by atoms with E-state index in [1.165, 1.54) is 25.9 Å². The lowest BCUT2D eigenvalue weighted by Crippen LogP contribution is -2.42. The second kappa shape index (κ2) is 12.1. The van der Waals surface area contributed by atoms with Gasteiger partial charge >= 0.3 is 5.69 Å². The van der Waals surface area contributed by atoms with E-state index >= 15 is 0 Å². The van der Waals surface area contributed by atoms with E-state index in [0.29, 0.717) is 38.0 Å². The van der Waals surface area contributed by atoms with Gasteiger partial charge < -0.3 is 10.6 Å².